The second kappa shape index (κ2) is 3.64. The number of Topliss-reactive ketones (excluding diaryl/α,β-unsaturated/α-hetero) is 1. The minimum Gasteiger partial charge on any atom is -0.482 e. The molecule has 0 fully saturated rings. The molecule has 1 aliphatic rings. The Balaban J connectivity index is 2.31. The Morgan fingerprint density at radius 3 is 2.88 bits per heavy atom. The Hall–Kier alpha value is -1.74. The monoisotopic (exact) mass is 248 g/mol. The van der Waals surface area contributed by atoms with Gasteiger partial charge in [-0.2, -0.15) is 0 Å². The maximum atomic E-state index is 12.0. The largest absolute Gasteiger partial charge is 0.482 e. The predicted octanol–water partition coefficient (Wildman–Crippen LogP) is 3.56. The molecule has 0 saturated heterocycles. The number of ketones is 1. The lowest BCUT2D eigenvalue weighted by molar-refractivity contribution is 0.0824. The van der Waals surface area contributed by atoms with Crippen molar-refractivity contribution in [1.29, 1.82) is 0 Å². The third-order valence-corrected chi connectivity index (χ3v) is 3.02. The molecule has 0 bridgehead atoms. The average Bonchev–Trinajstić information content (AvgIpc) is 2.75. The molecule has 17 heavy (non-hydrogen) atoms. The van der Waals surface area contributed by atoms with Gasteiger partial charge in [0.05, 0.1) is 17.4 Å². The molecule has 0 spiro atoms. The van der Waals surface area contributed by atoms with E-state index in [-0.39, 0.29) is 5.78 Å². The van der Waals surface area contributed by atoms with Crippen molar-refractivity contribution in [2.24, 2.45) is 0 Å². The van der Waals surface area contributed by atoms with Gasteiger partial charge in [-0.05, 0) is 31.2 Å². The molecule has 4 heteroatoms. The highest BCUT2D eigenvalue weighted by Gasteiger charge is 2.29. The molecule has 86 valence electrons. The van der Waals surface area contributed by atoms with Crippen LogP contribution in [0, 0.1) is 0 Å². The van der Waals surface area contributed by atoms with Crippen LogP contribution in [0.15, 0.2) is 34.9 Å². The average molecular weight is 249 g/mol. The fourth-order valence-electron chi connectivity index (χ4n) is 1.96. The number of ether oxygens (including phenoxy) is 1. The van der Waals surface area contributed by atoms with Crippen molar-refractivity contribution < 1.29 is 13.9 Å². The van der Waals surface area contributed by atoms with E-state index in [0.717, 1.165) is 5.56 Å². The lowest BCUT2D eigenvalue weighted by atomic mass is 10.0. The van der Waals surface area contributed by atoms with Crippen LogP contribution in [0.3, 0.4) is 0 Å². The molecule has 2 heterocycles. The third kappa shape index (κ3) is 1.54. The quantitative estimate of drug-likeness (QED) is 0.716. The number of rotatable bonds is 0. The highest BCUT2D eigenvalue weighted by molar-refractivity contribution is 6.31. The minimum atomic E-state index is -0.520. The van der Waals surface area contributed by atoms with Crippen molar-refractivity contribution in [1.82, 2.24) is 0 Å². The summed E-state index contributed by atoms with van der Waals surface area (Å²) in [6.45, 7) is 1.73. The van der Waals surface area contributed by atoms with Gasteiger partial charge in [-0.1, -0.05) is 11.6 Å². The molecule has 0 N–H and O–H groups in total. The van der Waals surface area contributed by atoms with Gasteiger partial charge in [0.1, 0.15) is 11.5 Å². The van der Waals surface area contributed by atoms with Crippen LogP contribution in [0.4, 0.5) is 0 Å². The van der Waals surface area contributed by atoms with Crippen LogP contribution in [-0.2, 0) is 0 Å². The van der Waals surface area contributed by atoms with Crippen molar-refractivity contribution in [2.75, 3.05) is 0 Å². The highest BCUT2D eigenvalue weighted by Crippen LogP contribution is 2.38. The van der Waals surface area contributed by atoms with Crippen molar-refractivity contribution >= 4 is 17.4 Å². The predicted molar refractivity (Wildman–Crippen MR) is 63.6 cm³/mol. The van der Waals surface area contributed by atoms with Crippen molar-refractivity contribution in [2.45, 2.75) is 13.0 Å². The summed E-state index contributed by atoms with van der Waals surface area (Å²) in [6.07, 6.45) is 0.986. The molecular weight excluding hydrogens is 240 g/mol. The van der Waals surface area contributed by atoms with E-state index in [2.05, 4.69) is 0 Å². The summed E-state index contributed by atoms with van der Waals surface area (Å²) < 4.78 is 11.0. The van der Waals surface area contributed by atoms with Crippen LogP contribution in [0.2, 0.25) is 5.02 Å². The van der Waals surface area contributed by atoms with E-state index in [1.165, 1.54) is 6.26 Å². The second-order valence-corrected chi connectivity index (χ2v) is 4.36. The van der Waals surface area contributed by atoms with Gasteiger partial charge in [0.25, 0.3) is 0 Å². The van der Waals surface area contributed by atoms with E-state index in [4.69, 9.17) is 20.8 Å². The zero-order chi connectivity index (χ0) is 12.0. The van der Waals surface area contributed by atoms with Gasteiger partial charge in [-0.15, -0.1) is 0 Å². The van der Waals surface area contributed by atoms with Gasteiger partial charge in [0.2, 0.25) is 5.78 Å². The molecular formula is C13H9ClO3. The van der Waals surface area contributed by atoms with E-state index >= 15 is 0 Å². The molecule has 1 atom stereocenters. The molecule has 0 amide bonds. The summed E-state index contributed by atoms with van der Waals surface area (Å²) in [5, 5.41) is 0.580. The maximum Gasteiger partial charge on any atom is 0.206 e. The molecule has 1 aliphatic heterocycles. The van der Waals surface area contributed by atoms with E-state index in [0.29, 0.717) is 22.1 Å². The molecule has 3 nitrogen and oxygen atoms in total. The Kier molecular flexibility index (Phi) is 2.23. The summed E-state index contributed by atoms with van der Waals surface area (Å²) in [6, 6.07) is 6.88. The van der Waals surface area contributed by atoms with Crippen LogP contribution >= 0.6 is 11.6 Å². The van der Waals surface area contributed by atoms with Gasteiger partial charge in [0, 0.05) is 5.02 Å². The van der Waals surface area contributed by atoms with E-state index in [1.807, 2.05) is 0 Å². The fraction of sp³-hybridized carbons (Fsp3) is 0.154. The number of benzene rings is 1. The Morgan fingerprint density at radius 1 is 1.24 bits per heavy atom. The van der Waals surface area contributed by atoms with Crippen LogP contribution in [0.1, 0.15) is 17.3 Å². The van der Waals surface area contributed by atoms with E-state index < -0.39 is 6.10 Å². The minimum absolute atomic E-state index is 0.0823. The first-order valence-corrected chi connectivity index (χ1v) is 5.63. The van der Waals surface area contributed by atoms with Gasteiger partial charge >= 0.3 is 0 Å². The number of halogens is 1. The lowest BCUT2D eigenvalue weighted by Crippen LogP contribution is -2.22. The summed E-state index contributed by atoms with van der Waals surface area (Å²) in [5.41, 5.74) is 1.26. The molecule has 0 radical (unpaired) electrons. The fourth-order valence-corrected chi connectivity index (χ4v) is 2.13. The first-order valence-electron chi connectivity index (χ1n) is 5.25. The van der Waals surface area contributed by atoms with Crippen LogP contribution in [-0.4, -0.2) is 11.9 Å². The Labute approximate surface area is 103 Å². The SMILES string of the molecule is CC1Oc2ccc(Cl)cc2-c2occc2C1=O. The first-order chi connectivity index (χ1) is 8.16. The normalized spacial score (nSPS) is 18.0. The molecule has 3 rings (SSSR count). The third-order valence-electron chi connectivity index (χ3n) is 2.79. The number of carbonyl (C=O) groups is 1. The summed E-state index contributed by atoms with van der Waals surface area (Å²) >= 11 is 5.95. The molecule has 0 saturated carbocycles. The lowest BCUT2D eigenvalue weighted by Gasteiger charge is -2.11. The van der Waals surface area contributed by atoms with Crippen molar-refractivity contribution in [3.05, 3.63) is 41.1 Å². The Morgan fingerprint density at radius 2 is 2.06 bits per heavy atom. The highest BCUT2D eigenvalue weighted by atomic mass is 35.5. The topological polar surface area (TPSA) is 39.4 Å². The number of fused-ring (bicyclic) bond motifs is 3. The van der Waals surface area contributed by atoms with Crippen LogP contribution in [0.5, 0.6) is 5.75 Å². The summed E-state index contributed by atoms with van der Waals surface area (Å²) in [5.74, 6) is 1.06. The number of carbonyl (C=O) groups excluding carboxylic acids is 1. The van der Waals surface area contributed by atoms with Crippen molar-refractivity contribution in [3.8, 4) is 17.1 Å². The molecule has 2 aromatic rings. The molecule has 1 aromatic carbocycles. The second-order valence-electron chi connectivity index (χ2n) is 3.93. The van der Waals surface area contributed by atoms with Crippen LogP contribution < -0.4 is 4.74 Å². The van der Waals surface area contributed by atoms with Gasteiger partial charge in [-0.25, -0.2) is 0 Å². The molecule has 0 aliphatic carbocycles. The van der Waals surface area contributed by atoms with Gasteiger partial charge in [0.15, 0.2) is 6.10 Å². The van der Waals surface area contributed by atoms with E-state index in [9.17, 15) is 4.79 Å². The Bertz CT molecular complexity index is 600. The van der Waals surface area contributed by atoms with Crippen LogP contribution in [0.25, 0.3) is 11.3 Å². The standard InChI is InChI=1S/C13H9ClO3/c1-7-12(15)9-4-5-16-13(9)10-6-8(14)2-3-11(10)17-7/h2-7H,1H3. The molecule has 1 unspecified atom stereocenters. The number of furan rings is 1. The number of hydrogen-bond donors (Lipinski definition) is 0. The first kappa shape index (κ1) is 10.4. The smallest absolute Gasteiger partial charge is 0.206 e. The number of hydrogen-bond acceptors (Lipinski definition) is 3. The summed E-state index contributed by atoms with van der Waals surface area (Å²) in [4.78, 5) is 12.0. The zero-order valence-corrected chi connectivity index (χ0v) is 9.82. The van der Waals surface area contributed by atoms with Crippen molar-refractivity contribution in [3.63, 3.8) is 0 Å². The zero-order valence-electron chi connectivity index (χ0n) is 9.07. The van der Waals surface area contributed by atoms with E-state index in [1.54, 1.807) is 31.2 Å². The maximum absolute atomic E-state index is 12.0. The van der Waals surface area contributed by atoms with Gasteiger partial charge in [-0.3, -0.25) is 4.79 Å². The molecule has 1 aromatic heterocycles. The summed E-state index contributed by atoms with van der Waals surface area (Å²) in [7, 11) is 0. The van der Waals surface area contributed by atoms with Gasteiger partial charge < -0.3 is 9.15 Å².